The van der Waals surface area contributed by atoms with Crippen LogP contribution < -0.4 is 4.74 Å². The molecule has 1 aromatic rings. The van der Waals surface area contributed by atoms with Crippen molar-refractivity contribution in [1.82, 2.24) is 4.90 Å². The van der Waals surface area contributed by atoms with E-state index in [1.54, 1.807) is 12.0 Å². The van der Waals surface area contributed by atoms with Gasteiger partial charge in [0.2, 0.25) is 5.91 Å². The van der Waals surface area contributed by atoms with Gasteiger partial charge in [-0.2, -0.15) is 0 Å². The van der Waals surface area contributed by atoms with E-state index in [9.17, 15) is 9.59 Å². The van der Waals surface area contributed by atoms with Gasteiger partial charge < -0.3 is 9.64 Å². The minimum atomic E-state index is 0.0215. The van der Waals surface area contributed by atoms with Crippen molar-refractivity contribution in [3.8, 4) is 5.75 Å². The molecular weight excluding hydrogens is 230 g/mol. The Morgan fingerprint density at radius 3 is 2.67 bits per heavy atom. The Morgan fingerprint density at radius 1 is 1.33 bits per heavy atom. The molecule has 0 aromatic heterocycles. The van der Waals surface area contributed by atoms with E-state index in [-0.39, 0.29) is 18.2 Å². The van der Waals surface area contributed by atoms with E-state index in [1.807, 2.05) is 24.3 Å². The summed E-state index contributed by atoms with van der Waals surface area (Å²) >= 11 is 0. The first-order chi connectivity index (χ1) is 8.69. The zero-order valence-corrected chi connectivity index (χ0v) is 10.5. The van der Waals surface area contributed by atoms with Crippen molar-refractivity contribution in [2.45, 2.75) is 19.3 Å². The lowest BCUT2D eigenvalue weighted by molar-refractivity contribution is -0.137. The molecule has 0 spiro atoms. The predicted molar refractivity (Wildman–Crippen MR) is 67.5 cm³/mol. The maximum Gasteiger partial charge on any atom is 0.227 e. The van der Waals surface area contributed by atoms with E-state index in [0.717, 1.165) is 17.7 Å². The van der Waals surface area contributed by atoms with E-state index in [2.05, 4.69) is 0 Å². The fraction of sp³-hybridized carbons (Fsp3) is 0.429. The van der Waals surface area contributed by atoms with Crippen molar-refractivity contribution < 1.29 is 14.3 Å². The second-order valence-electron chi connectivity index (χ2n) is 4.48. The molecule has 1 aliphatic heterocycles. The summed E-state index contributed by atoms with van der Waals surface area (Å²) in [4.78, 5) is 25.0. The zero-order valence-electron chi connectivity index (χ0n) is 10.5. The first kappa shape index (κ1) is 12.6. The lowest BCUT2D eigenvalue weighted by atomic mass is 10.1. The van der Waals surface area contributed by atoms with E-state index >= 15 is 0 Å². The molecule has 18 heavy (non-hydrogen) atoms. The smallest absolute Gasteiger partial charge is 0.227 e. The predicted octanol–water partition coefficient (Wildman–Crippen LogP) is 1.43. The number of hydrogen-bond acceptors (Lipinski definition) is 3. The topological polar surface area (TPSA) is 46.6 Å². The Morgan fingerprint density at radius 2 is 2.06 bits per heavy atom. The Bertz CT molecular complexity index is 439. The van der Waals surface area contributed by atoms with Gasteiger partial charge in [-0.3, -0.25) is 9.59 Å². The summed E-state index contributed by atoms with van der Waals surface area (Å²) in [5, 5.41) is 0. The molecule has 1 heterocycles. The average molecular weight is 247 g/mol. The number of carbonyl (C=O) groups is 2. The van der Waals surface area contributed by atoms with Gasteiger partial charge in [-0.15, -0.1) is 0 Å². The molecule has 1 aromatic carbocycles. The maximum absolute atomic E-state index is 12.0. The number of methoxy groups -OCH3 is 1. The Hall–Kier alpha value is -1.84. The van der Waals surface area contributed by atoms with Gasteiger partial charge in [0.25, 0.3) is 0 Å². The second-order valence-corrected chi connectivity index (χ2v) is 4.48. The molecule has 0 radical (unpaired) electrons. The van der Waals surface area contributed by atoms with Gasteiger partial charge in [-0.25, -0.2) is 0 Å². The molecule has 4 nitrogen and oxygen atoms in total. The number of ketones is 1. The fourth-order valence-corrected chi connectivity index (χ4v) is 2.08. The van der Waals surface area contributed by atoms with Gasteiger partial charge in [0.05, 0.1) is 20.1 Å². The van der Waals surface area contributed by atoms with Crippen molar-refractivity contribution in [3.05, 3.63) is 29.8 Å². The van der Waals surface area contributed by atoms with Crippen LogP contribution in [0.4, 0.5) is 0 Å². The van der Waals surface area contributed by atoms with Crippen LogP contribution in [0.15, 0.2) is 24.3 Å². The Labute approximate surface area is 107 Å². The summed E-state index contributed by atoms with van der Waals surface area (Å²) < 4.78 is 5.06. The number of carbonyl (C=O) groups excluding carboxylic acids is 2. The van der Waals surface area contributed by atoms with E-state index in [1.165, 1.54) is 0 Å². The summed E-state index contributed by atoms with van der Waals surface area (Å²) in [5.41, 5.74) is 0.943. The van der Waals surface area contributed by atoms with Gasteiger partial charge >= 0.3 is 0 Å². The van der Waals surface area contributed by atoms with Gasteiger partial charge in [-0.05, 0) is 24.1 Å². The number of benzene rings is 1. The van der Waals surface area contributed by atoms with Crippen molar-refractivity contribution in [1.29, 1.82) is 0 Å². The number of nitrogens with zero attached hydrogens (tertiary/aromatic N) is 1. The largest absolute Gasteiger partial charge is 0.497 e. The highest BCUT2D eigenvalue weighted by Gasteiger charge is 2.21. The first-order valence-electron chi connectivity index (χ1n) is 6.11. The van der Waals surface area contributed by atoms with Crippen LogP contribution in [-0.4, -0.2) is 36.8 Å². The third kappa shape index (κ3) is 3.09. The number of amides is 1. The lowest BCUT2D eigenvalue weighted by Crippen LogP contribution is -2.40. The highest BCUT2D eigenvalue weighted by atomic mass is 16.5. The molecule has 0 atom stereocenters. The number of Topliss-reactive ketones (excluding diaryl/α,β-unsaturated/α-hetero) is 1. The van der Waals surface area contributed by atoms with Crippen molar-refractivity contribution in [3.63, 3.8) is 0 Å². The molecule has 1 saturated heterocycles. The van der Waals surface area contributed by atoms with E-state index < -0.39 is 0 Å². The summed E-state index contributed by atoms with van der Waals surface area (Å²) in [5.74, 6) is 0.955. The van der Waals surface area contributed by atoms with Crippen LogP contribution in [0.2, 0.25) is 0 Å². The monoisotopic (exact) mass is 247 g/mol. The van der Waals surface area contributed by atoms with Crippen molar-refractivity contribution in [2.24, 2.45) is 0 Å². The number of ether oxygens (including phenoxy) is 1. The molecule has 1 aliphatic rings. The highest BCUT2D eigenvalue weighted by molar-refractivity contribution is 5.88. The normalized spacial score (nSPS) is 15.6. The van der Waals surface area contributed by atoms with Gasteiger partial charge in [-0.1, -0.05) is 12.1 Å². The highest BCUT2D eigenvalue weighted by Crippen LogP contribution is 2.13. The Balaban J connectivity index is 1.95. The summed E-state index contributed by atoms with van der Waals surface area (Å²) in [6.45, 7) is 0.968. The molecular formula is C14H17NO3. The first-order valence-corrected chi connectivity index (χ1v) is 6.11. The fourth-order valence-electron chi connectivity index (χ4n) is 2.08. The summed E-state index contributed by atoms with van der Waals surface area (Å²) in [6.07, 6.45) is 1.73. The molecule has 4 heteroatoms. The maximum atomic E-state index is 12.0. The Kier molecular flexibility index (Phi) is 3.97. The third-order valence-electron chi connectivity index (χ3n) is 3.12. The van der Waals surface area contributed by atoms with Crippen LogP contribution in [0, 0.1) is 0 Å². The molecule has 1 fully saturated rings. The SMILES string of the molecule is COc1ccc(CC(=O)N2CCCC(=O)C2)cc1. The summed E-state index contributed by atoms with van der Waals surface area (Å²) in [7, 11) is 1.61. The van der Waals surface area contributed by atoms with E-state index in [4.69, 9.17) is 4.74 Å². The van der Waals surface area contributed by atoms with Crippen molar-refractivity contribution >= 4 is 11.7 Å². The molecule has 0 aliphatic carbocycles. The van der Waals surface area contributed by atoms with Gasteiger partial charge in [0, 0.05) is 13.0 Å². The molecule has 1 amide bonds. The number of likely N-dealkylation sites (tertiary alicyclic amines) is 1. The minimum absolute atomic E-state index is 0.0215. The summed E-state index contributed by atoms with van der Waals surface area (Å²) in [6, 6.07) is 7.43. The number of piperidine rings is 1. The van der Waals surface area contributed by atoms with Crippen LogP contribution in [-0.2, 0) is 16.0 Å². The second kappa shape index (κ2) is 5.67. The molecule has 0 bridgehead atoms. The number of hydrogen-bond donors (Lipinski definition) is 0. The van der Waals surface area contributed by atoms with Crippen LogP contribution in [0.25, 0.3) is 0 Å². The lowest BCUT2D eigenvalue weighted by Gasteiger charge is -2.25. The zero-order chi connectivity index (χ0) is 13.0. The quantitative estimate of drug-likeness (QED) is 0.811. The molecule has 2 rings (SSSR count). The van der Waals surface area contributed by atoms with E-state index in [0.29, 0.717) is 19.4 Å². The van der Waals surface area contributed by atoms with Gasteiger partial charge in [0.1, 0.15) is 5.75 Å². The number of rotatable bonds is 3. The van der Waals surface area contributed by atoms with Crippen LogP contribution >= 0.6 is 0 Å². The molecule has 96 valence electrons. The molecule has 0 saturated carbocycles. The molecule has 0 unspecified atom stereocenters. The van der Waals surface area contributed by atoms with Crippen LogP contribution in [0.5, 0.6) is 5.75 Å². The van der Waals surface area contributed by atoms with Crippen molar-refractivity contribution in [2.75, 3.05) is 20.2 Å². The average Bonchev–Trinajstić information content (AvgIpc) is 2.39. The third-order valence-corrected chi connectivity index (χ3v) is 3.12. The van der Waals surface area contributed by atoms with Gasteiger partial charge in [0.15, 0.2) is 5.78 Å². The van der Waals surface area contributed by atoms with Crippen LogP contribution in [0.1, 0.15) is 18.4 Å². The standard InChI is InChI=1S/C14H17NO3/c1-18-13-6-4-11(5-7-13)9-14(17)15-8-2-3-12(16)10-15/h4-7H,2-3,8-10H2,1H3. The van der Waals surface area contributed by atoms with Crippen LogP contribution in [0.3, 0.4) is 0 Å². The molecule has 0 N–H and O–H groups in total. The minimum Gasteiger partial charge on any atom is -0.497 e.